The van der Waals surface area contributed by atoms with Crippen LogP contribution < -0.4 is 10.9 Å². The molecule has 0 aliphatic carbocycles. The van der Waals surface area contributed by atoms with Crippen molar-refractivity contribution in [1.29, 1.82) is 0 Å². The number of nitrogens with one attached hydrogen (secondary N) is 2. The standard InChI is InChI=1S/C23H18N8O4/c1-13-11-19(25-21(32)16-9-6-10-18(14(16)2)31(34)35)30(28-13)23-26-20-17(22(33)27-23)12-24-29(20)15-7-4-3-5-8-15/h3-12H,1-2H3,(H,25,32)(H,26,27,33). The van der Waals surface area contributed by atoms with Gasteiger partial charge in [-0.3, -0.25) is 24.7 Å². The van der Waals surface area contributed by atoms with E-state index in [1.165, 1.54) is 40.7 Å². The number of rotatable bonds is 5. The lowest BCUT2D eigenvalue weighted by Crippen LogP contribution is -2.19. The maximum absolute atomic E-state index is 13.0. The van der Waals surface area contributed by atoms with E-state index in [9.17, 15) is 19.7 Å². The number of hydrogen-bond donors (Lipinski definition) is 2. The van der Waals surface area contributed by atoms with E-state index in [4.69, 9.17) is 0 Å². The van der Waals surface area contributed by atoms with Crippen molar-refractivity contribution in [1.82, 2.24) is 29.5 Å². The van der Waals surface area contributed by atoms with E-state index in [0.29, 0.717) is 16.7 Å². The lowest BCUT2D eigenvalue weighted by Gasteiger charge is -2.10. The minimum absolute atomic E-state index is 0.0688. The molecule has 0 saturated carbocycles. The number of aromatic amines is 1. The molecule has 0 atom stereocenters. The second-order valence-electron chi connectivity index (χ2n) is 7.76. The second kappa shape index (κ2) is 8.33. The molecule has 3 heterocycles. The Bertz CT molecular complexity index is 1670. The number of H-pyrrole nitrogens is 1. The fourth-order valence-electron chi connectivity index (χ4n) is 3.77. The van der Waals surface area contributed by atoms with Crippen LogP contribution in [0.25, 0.3) is 22.7 Å². The first-order valence-corrected chi connectivity index (χ1v) is 10.5. The fourth-order valence-corrected chi connectivity index (χ4v) is 3.77. The summed E-state index contributed by atoms with van der Waals surface area (Å²) in [4.78, 5) is 43.7. The SMILES string of the molecule is Cc1cc(NC(=O)c2cccc([N+](=O)[O-])c2C)n(-c2nc3c(cnn3-c3ccccc3)c(=O)[nH]2)n1. The molecular weight excluding hydrogens is 452 g/mol. The number of nitrogens with zero attached hydrogens (tertiary/aromatic N) is 6. The van der Waals surface area contributed by atoms with Gasteiger partial charge in [-0.15, -0.1) is 0 Å². The minimum Gasteiger partial charge on any atom is -0.306 e. The Balaban J connectivity index is 1.58. The average molecular weight is 470 g/mol. The Labute approximate surface area is 197 Å². The monoisotopic (exact) mass is 470 g/mol. The van der Waals surface area contributed by atoms with E-state index in [0.717, 1.165) is 5.69 Å². The molecular formula is C23H18N8O4. The average Bonchev–Trinajstić information content (AvgIpc) is 3.43. The summed E-state index contributed by atoms with van der Waals surface area (Å²) in [6.07, 6.45) is 1.43. The molecule has 5 rings (SSSR count). The third-order valence-electron chi connectivity index (χ3n) is 5.45. The van der Waals surface area contributed by atoms with Crippen LogP contribution in [0.5, 0.6) is 0 Å². The van der Waals surface area contributed by atoms with Gasteiger partial charge in [-0.2, -0.15) is 19.9 Å². The second-order valence-corrected chi connectivity index (χ2v) is 7.76. The highest BCUT2D eigenvalue weighted by Gasteiger charge is 2.21. The third kappa shape index (κ3) is 3.82. The van der Waals surface area contributed by atoms with Crippen molar-refractivity contribution in [2.75, 3.05) is 5.32 Å². The highest BCUT2D eigenvalue weighted by atomic mass is 16.6. The van der Waals surface area contributed by atoms with Crippen molar-refractivity contribution in [3.63, 3.8) is 0 Å². The summed E-state index contributed by atoms with van der Waals surface area (Å²) in [6, 6.07) is 15.1. The predicted octanol–water partition coefficient (Wildman–Crippen LogP) is 3.07. The molecule has 0 bridgehead atoms. The number of anilines is 1. The van der Waals surface area contributed by atoms with Crippen molar-refractivity contribution in [3.05, 3.63) is 98.1 Å². The van der Waals surface area contributed by atoms with Crippen molar-refractivity contribution in [2.24, 2.45) is 0 Å². The number of carbonyl (C=O) groups is 1. The molecule has 0 saturated heterocycles. The van der Waals surface area contributed by atoms with Crippen LogP contribution in [0, 0.1) is 24.0 Å². The van der Waals surface area contributed by atoms with Gasteiger partial charge < -0.3 is 5.32 Å². The van der Waals surface area contributed by atoms with Gasteiger partial charge in [0.1, 0.15) is 11.2 Å². The topological polar surface area (TPSA) is 154 Å². The lowest BCUT2D eigenvalue weighted by atomic mass is 10.1. The number of aryl methyl sites for hydroxylation is 1. The quantitative estimate of drug-likeness (QED) is 0.295. The Morgan fingerprint density at radius 1 is 1.09 bits per heavy atom. The van der Waals surface area contributed by atoms with Crippen molar-refractivity contribution in [2.45, 2.75) is 13.8 Å². The summed E-state index contributed by atoms with van der Waals surface area (Å²) < 4.78 is 2.83. The molecule has 35 heavy (non-hydrogen) atoms. The van der Waals surface area contributed by atoms with E-state index in [1.807, 2.05) is 30.3 Å². The Hall–Kier alpha value is -5.13. The normalized spacial score (nSPS) is 11.0. The number of nitro groups is 1. The van der Waals surface area contributed by atoms with Crippen LogP contribution in [0.3, 0.4) is 0 Å². The van der Waals surface area contributed by atoms with Crippen LogP contribution in [0.1, 0.15) is 21.6 Å². The van der Waals surface area contributed by atoms with Crippen LogP contribution in [-0.4, -0.2) is 40.4 Å². The van der Waals surface area contributed by atoms with Crippen LogP contribution in [0.4, 0.5) is 11.5 Å². The molecule has 2 aromatic carbocycles. The summed E-state index contributed by atoms with van der Waals surface area (Å²) in [7, 11) is 0. The number of carbonyl (C=O) groups excluding carboxylic acids is 1. The molecule has 0 spiro atoms. The smallest absolute Gasteiger partial charge is 0.273 e. The zero-order valence-electron chi connectivity index (χ0n) is 18.6. The number of nitro benzene ring substituents is 1. The molecule has 0 fully saturated rings. The molecule has 12 heteroatoms. The fraction of sp³-hybridized carbons (Fsp3) is 0.0870. The van der Waals surface area contributed by atoms with Gasteiger partial charge in [-0.25, -0.2) is 4.68 Å². The van der Waals surface area contributed by atoms with E-state index in [-0.39, 0.29) is 28.6 Å². The van der Waals surface area contributed by atoms with E-state index < -0.39 is 16.4 Å². The molecule has 0 aliphatic rings. The molecule has 5 aromatic rings. The maximum atomic E-state index is 13.0. The van der Waals surface area contributed by atoms with Gasteiger partial charge >= 0.3 is 0 Å². The highest BCUT2D eigenvalue weighted by molar-refractivity contribution is 6.05. The Morgan fingerprint density at radius 3 is 2.60 bits per heavy atom. The molecule has 12 nitrogen and oxygen atoms in total. The molecule has 2 N–H and O–H groups in total. The molecule has 3 aromatic heterocycles. The lowest BCUT2D eigenvalue weighted by molar-refractivity contribution is -0.385. The Kier molecular flexibility index (Phi) is 5.17. The maximum Gasteiger partial charge on any atom is 0.273 e. The van der Waals surface area contributed by atoms with Gasteiger partial charge in [-0.05, 0) is 32.0 Å². The molecule has 0 unspecified atom stereocenters. The van der Waals surface area contributed by atoms with E-state index in [2.05, 4.69) is 25.5 Å². The molecule has 0 radical (unpaired) electrons. The van der Waals surface area contributed by atoms with Crippen molar-refractivity contribution < 1.29 is 9.72 Å². The molecule has 0 aliphatic heterocycles. The van der Waals surface area contributed by atoms with Crippen molar-refractivity contribution >= 4 is 28.4 Å². The first-order valence-electron chi connectivity index (χ1n) is 10.5. The number of amides is 1. The largest absolute Gasteiger partial charge is 0.306 e. The first kappa shape index (κ1) is 21.7. The minimum atomic E-state index is -0.565. The van der Waals surface area contributed by atoms with Crippen molar-refractivity contribution in [3.8, 4) is 11.6 Å². The summed E-state index contributed by atoms with van der Waals surface area (Å²) in [6.45, 7) is 3.23. The van der Waals surface area contributed by atoms with Crippen LogP contribution in [0.2, 0.25) is 0 Å². The summed E-state index contributed by atoms with van der Waals surface area (Å²) in [5.41, 5.74) is 1.38. The summed E-state index contributed by atoms with van der Waals surface area (Å²) in [5, 5.41) is 22.9. The summed E-state index contributed by atoms with van der Waals surface area (Å²) in [5.74, 6) is -0.267. The van der Waals surface area contributed by atoms with Crippen LogP contribution in [0.15, 0.2) is 65.6 Å². The predicted molar refractivity (Wildman–Crippen MR) is 127 cm³/mol. The zero-order chi connectivity index (χ0) is 24.7. The van der Waals surface area contributed by atoms with Gasteiger partial charge in [0.2, 0.25) is 5.95 Å². The Morgan fingerprint density at radius 2 is 1.86 bits per heavy atom. The zero-order valence-corrected chi connectivity index (χ0v) is 18.6. The highest BCUT2D eigenvalue weighted by Crippen LogP contribution is 2.23. The number of para-hydroxylation sites is 1. The number of aromatic nitrogens is 6. The van der Waals surface area contributed by atoms with Gasteiger partial charge in [0.25, 0.3) is 17.2 Å². The first-order chi connectivity index (χ1) is 16.8. The number of benzene rings is 2. The third-order valence-corrected chi connectivity index (χ3v) is 5.45. The van der Waals surface area contributed by atoms with Gasteiger partial charge in [0.15, 0.2) is 5.65 Å². The number of hydrogen-bond acceptors (Lipinski definition) is 7. The van der Waals surface area contributed by atoms with Gasteiger partial charge in [-0.1, -0.05) is 24.3 Å². The van der Waals surface area contributed by atoms with Gasteiger partial charge in [0, 0.05) is 23.3 Å². The van der Waals surface area contributed by atoms with Gasteiger partial charge in [0.05, 0.1) is 22.5 Å². The molecule has 174 valence electrons. The summed E-state index contributed by atoms with van der Waals surface area (Å²) >= 11 is 0. The number of fused-ring (bicyclic) bond motifs is 1. The molecule has 1 amide bonds. The van der Waals surface area contributed by atoms with Crippen LogP contribution >= 0.6 is 0 Å². The van der Waals surface area contributed by atoms with E-state index in [1.54, 1.807) is 13.0 Å². The van der Waals surface area contributed by atoms with E-state index >= 15 is 0 Å². The van der Waals surface area contributed by atoms with Crippen LogP contribution in [-0.2, 0) is 0 Å².